The molecule has 1 aliphatic carbocycles. The Balaban J connectivity index is 1.50. The molecule has 0 radical (unpaired) electrons. The predicted octanol–water partition coefficient (Wildman–Crippen LogP) is 4.11. The fourth-order valence-electron chi connectivity index (χ4n) is 5.39. The number of urea groups is 1. The Hall–Kier alpha value is -3.95. The first-order chi connectivity index (χ1) is 17.7. The number of aryl methyl sites for hydroxylation is 1. The zero-order chi connectivity index (χ0) is 26.3. The quantitative estimate of drug-likeness (QED) is 0.382. The zero-order valence-electron chi connectivity index (χ0n) is 21.6. The lowest BCUT2D eigenvalue weighted by atomic mass is 9.67. The summed E-state index contributed by atoms with van der Waals surface area (Å²) < 4.78 is 9.14. The predicted molar refractivity (Wildman–Crippen MR) is 142 cm³/mol. The number of nitrogens with one attached hydrogen (secondary N) is 2. The van der Waals surface area contributed by atoms with Gasteiger partial charge in [-0.2, -0.15) is 10.2 Å². The molecule has 9 nitrogen and oxygen atoms in total. The van der Waals surface area contributed by atoms with Crippen molar-refractivity contribution in [2.45, 2.75) is 44.4 Å². The summed E-state index contributed by atoms with van der Waals surface area (Å²) in [4.78, 5) is 13.4. The molecule has 9 heteroatoms. The molecule has 1 aliphatic rings. The Bertz CT molecular complexity index is 1420. The summed E-state index contributed by atoms with van der Waals surface area (Å²) in [6, 6.07) is 16.4. The van der Waals surface area contributed by atoms with Crippen LogP contribution in [0.3, 0.4) is 0 Å². The normalized spacial score (nSPS) is 20.3. The molecule has 0 saturated heterocycles. The molecule has 4 aromatic rings. The van der Waals surface area contributed by atoms with Crippen molar-refractivity contribution in [3.63, 3.8) is 0 Å². The largest absolute Gasteiger partial charge is 0.388 e. The Kier molecular flexibility index (Phi) is 6.35. The molecule has 0 spiro atoms. The number of fused-ring (bicyclic) bond motifs is 1. The monoisotopic (exact) mass is 500 g/mol. The number of amides is 2. The van der Waals surface area contributed by atoms with Gasteiger partial charge in [-0.15, -0.1) is 0 Å². The first-order valence-corrected chi connectivity index (χ1v) is 12.2. The van der Waals surface area contributed by atoms with E-state index >= 15 is 0 Å². The topological polar surface area (TPSA) is 106 Å². The maximum Gasteiger partial charge on any atom is 0.320 e. The molecule has 3 N–H and O–H groups in total. The van der Waals surface area contributed by atoms with Crippen molar-refractivity contribution in [1.82, 2.24) is 24.9 Å². The third-order valence-electron chi connectivity index (χ3n) is 7.23. The molecule has 2 heterocycles. The second kappa shape index (κ2) is 9.49. The van der Waals surface area contributed by atoms with Gasteiger partial charge in [0, 0.05) is 36.9 Å². The molecule has 192 valence electrons. The minimum Gasteiger partial charge on any atom is -0.388 e. The third kappa shape index (κ3) is 4.30. The van der Waals surface area contributed by atoms with E-state index in [1.807, 2.05) is 88.6 Å². The number of hydrogen-bond donors (Lipinski definition) is 3. The minimum atomic E-state index is -0.938. The van der Waals surface area contributed by atoms with E-state index < -0.39 is 29.7 Å². The highest BCUT2D eigenvalue weighted by Crippen LogP contribution is 2.43. The summed E-state index contributed by atoms with van der Waals surface area (Å²) in [6.07, 6.45) is 2.20. The first kappa shape index (κ1) is 24.7. The lowest BCUT2D eigenvalue weighted by Gasteiger charge is -2.46. The summed E-state index contributed by atoms with van der Waals surface area (Å²) in [5, 5.41) is 26.3. The van der Waals surface area contributed by atoms with E-state index in [0.29, 0.717) is 5.82 Å². The van der Waals surface area contributed by atoms with Gasteiger partial charge in [0.25, 0.3) is 0 Å². The van der Waals surface area contributed by atoms with Gasteiger partial charge in [-0.25, -0.2) is 9.48 Å². The molecular weight excluding hydrogens is 468 g/mol. The number of aliphatic hydroxyl groups excluding tert-OH is 1. The first-order valence-electron chi connectivity index (χ1n) is 12.2. The van der Waals surface area contributed by atoms with Gasteiger partial charge >= 0.3 is 6.03 Å². The zero-order valence-corrected chi connectivity index (χ0v) is 21.6. The van der Waals surface area contributed by atoms with Crippen LogP contribution in [0.2, 0.25) is 0 Å². The van der Waals surface area contributed by atoms with Crippen molar-refractivity contribution < 1.29 is 14.6 Å². The highest BCUT2D eigenvalue weighted by molar-refractivity contribution is 5.91. The van der Waals surface area contributed by atoms with E-state index in [1.54, 1.807) is 22.7 Å². The van der Waals surface area contributed by atoms with E-state index in [1.165, 1.54) is 0 Å². The molecule has 5 rings (SSSR count). The van der Waals surface area contributed by atoms with Crippen molar-refractivity contribution in [1.29, 1.82) is 0 Å². The second-order valence-corrected chi connectivity index (χ2v) is 10.0. The summed E-state index contributed by atoms with van der Waals surface area (Å²) in [6.45, 7) is 6.00. The van der Waals surface area contributed by atoms with Crippen LogP contribution in [0.1, 0.15) is 36.6 Å². The molecule has 0 unspecified atom stereocenters. The average Bonchev–Trinajstić information content (AvgIpc) is 3.45. The standard InChI is InChI=1S/C28H32N6O3/c1-17-22(18-15-29-33(4)16-18)32-34(19-11-7-6-8-12-19)26(17)31-27(36)30-23-20-13-9-10-14-21(20)28(2,3)25(37-5)24(23)35/h6-16,23-25,35H,1-5H3,(H2,30,31,36)/t23-,24+,25+/m1/s1. The Labute approximate surface area is 216 Å². The number of carbonyl (C=O) groups is 1. The molecule has 0 aliphatic heterocycles. The molecular formula is C28H32N6O3. The van der Waals surface area contributed by atoms with Crippen molar-refractivity contribution in [3.05, 3.63) is 83.7 Å². The molecule has 37 heavy (non-hydrogen) atoms. The van der Waals surface area contributed by atoms with Crippen molar-refractivity contribution in [2.24, 2.45) is 7.05 Å². The van der Waals surface area contributed by atoms with Crippen LogP contribution in [0.25, 0.3) is 16.9 Å². The third-order valence-corrected chi connectivity index (χ3v) is 7.23. The Morgan fingerprint density at radius 3 is 2.49 bits per heavy atom. The van der Waals surface area contributed by atoms with Gasteiger partial charge in [0.15, 0.2) is 0 Å². The highest BCUT2D eigenvalue weighted by atomic mass is 16.5. The number of ether oxygens (including phenoxy) is 1. The molecule has 0 fully saturated rings. The lowest BCUT2D eigenvalue weighted by Crippen LogP contribution is -2.55. The summed E-state index contributed by atoms with van der Waals surface area (Å²) >= 11 is 0. The maximum absolute atomic E-state index is 13.4. The molecule has 2 aromatic heterocycles. The number of carbonyl (C=O) groups excluding carboxylic acids is 1. The average molecular weight is 501 g/mol. The second-order valence-electron chi connectivity index (χ2n) is 10.0. The SMILES string of the molecule is CO[C@H]1[C@@H](O)[C@H](NC(=O)Nc2c(C)c(-c3cnn(C)c3)nn2-c2ccccc2)c2ccccc2C1(C)C. The Morgan fingerprint density at radius 1 is 1.11 bits per heavy atom. The number of aliphatic hydroxyl groups is 1. The number of nitrogens with zero attached hydrogens (tertiary/aromatic N) is 4. The number of aromatic nitrogens is 4. The van der Waals surface area contributed by atoms with Gasteiger partial charge in [0.1, 0.15) is 17.6 Å². The van der Waals surface area contributed by atoms with Crippen molar-refractivity contribution in [2.75, 3.05) is 12.4 Å². The van der Waals surface area contributed by atoms with Crippen LogP contribution in [-0.2, 0) is 17.2 Å². The van der Waals surface area contributed by atoms with Crippen molar-refractivity contribution >= 4 is 11.8 Å². The number of rotatable bonds is 5. The van der Waals surface area contributed by atoms with Crippen LogP contribution in [0.15, 0.2) is 67.0 Å². The van der Waals surface area contributed by atoms with E-state index in [9.17, 15) is 9.90 Å². The highest BCUT2D eigenvalue weighted by Gasteiger charge is 2.47. The van der Waals surface area contributed by atoms with E-state index in [4.69, 9.17) is 9.84 Å². The van der Waals surface area contributed by atoms with Gasteiger partial charge in [-0.05, 0) is 30.2 Å². The summed E-state index contributed by atoms with van der Waals surface area (Å²) in [5.41, 5.74) is 4.64. The van der Waals surface area contributed by atoms with Crippen molar-refractivity contribution in [3.8, 4) is 16.9 Å². The van der Waals surface area contributed by atoms with Crippen LogP contribution in [-0.4, -0.2) is 50.0 Å². The van der Waals surface area contributed by atoms with Gasteiger partial charge in [-0.1, -0.05) is 56.3 Å². The fourth-order valence-corrected chi connectivity index (χ4v) is 5.39. The summed E-state index contributed by atoms with van der Waals surface area (Å²) in [7, 11) is 3.43. The van der Waals surface area contributed by atoms with E-state index in [2.05, 4.69) is 15.7 Å². The number of anilines is 1. The summed E-state index contributed by atoms with van der Waals surface area (Å²) in [5.74, 6) is 0.532. The van der Waals surface area contributed by atoms with Gasteiger partial charge in [0.05, 0.1) is 24.0 Å². The van der Waals surface area contributed by atoms with E-state index in [0.717, 1.165) is 33.6 Å². The van der Waals surface area contributed by atoms with Crippen LogP contribution in [0.5, 0.6) is 0 Å². The molecule has 0 bridgehead atoms. The molecule has 2 amide bonds. The molecule has 2 aromatic carbocycles. The Morgan fingerprint density at radius 2 is 1.81 bits per heavy atom. The number of benzene rings is 2. The maximum atomic E-state index is 13.4. The fraction of sp³-hybridized carbons (Fsp3) is 0.321. The van der Waals surface area contributed by atoms with Crippen LogP contribution >= 0.6 is 0 Å². The van der Waals surface area contributed by atoms with Gasteiger partial charge in [0.2, 0.25) is 0 Å². The van der Waals surface area contributed by atoms with Crippen LogP contribution in [0.4, 0.5) is 10.6 Å². The van der Waals surface area contributed by atoms with Gasteiger partial charge < -0.3 is 15.2 Å². The lowest BCUT2D eigenvalue weighted by molar-refractivity contribution is -0.0730. The number of hydrogen-bond acceptors (Lipinski definition) is 5. The molecule has 3 atom stereocenters. The molecule has 0 saturated carbocycles. The van der Waals surface area contributed by atoms with Gasteiger partial charge in [-0.3, -0.25) is 10.00 Å². The number of para-hydroxylation sites is 1. The van der Waals surface area contributed by atoms with E-state index in [-0.39, 0.29) is 0 Å². The van der Waals surface area contributed by atoms with Crippen LogP contribution < -0.4 is 10.6 Å². The van der Waals surface area contributed by atoms with Crippen LogP contribution in [0, 0.1) is 6.92 Å². The minimum absolute atomic E-state index is 0.430. The number of methoxy groups -OCH3 is 1. The smallest absolute Gasteiger partial charge is 0.320 e.